The SMILES string of the molecule is NC1=N[C@@]2(CO1)c1cc(Br)ccc1Oc1c(F)cc(O)cc12.NC1=N[C@@]2(CO1)c1cc(Cc3ccccc3)ccc1Oc1c(F)cc(N3CCOCC3)cc12. The van der Waals surface area contributed by atoms with Crippen molar-refractivity contribution in [2.45, 2.75) is 17.5 Å². The van der Waals surface area contributed by atoms with E-state index in [1.807, 2.05) is 42.5 Å². The van der Waals surface area contributed by atoms with Crippen LogP contribution in [0.4, 0.5) is 14.5 Å². The Labute approximate surface area is 322 Å². The summed E-state index contributed by atoms with van der Waals surface area (Å²) in [5.41, 5.74) is 15.3. The number of nitrogens with zero attached hydrogens (tertiary/aromatic N) is 3. The molecule has 5 N–H and O–H groups in total. The third-order valence-electron chi connectivity index (χ3n) is 10.3. The van der Waals surface area contributed by atoms with E-state index >= 15 is 4.39 Å². The molecule has 10 rings (SSSR count). The zero-order valence-corrected chi connectivity index (χ0v) is 30.8. The molecule has 0 radical (unpaired) electrons. The summed E-state index contributed by atoms with van der Waals surface area (Å²) < 4.78 is 58.6. The lowest BCUT2D eigenvalue weighted by Gasteiger charge is -2.36. The third-order valence-corrected chi connectivity index (χ3v) is 10.8. The molecule has 14 heteroatoms. The minimum absolute atomic E-state index is 0.0162. The first-order valence-electron chi connectivity index (χ1n) is 17.6. The molecule has 5 aliphatic heterocycles. The highest BCUT2D eigenvalue weighted by Gasteiger charge is 2.49. The smallest absolute Gasteiger partial charge is 0.283 e. The van der Waals surface area contributed by atoms with Crippen LogP contribution in [0.3, 0.4) is 0 Å². The van der Waals surface area contributed by atoms with Crippen molar-refractivity contribution in [3.63, 3.8) is 0 Å². The molecule has 0 unspecified atom stereocenters. The first kappa shape index (κ1) is 34.9. The van der Waals surface area contributed by atoms with Gasteiger partial charge in [-0.2, -0.15) is 0 Å². The van der Waals surface area contributed by atoms with Crippen LogP contribution in [-0.2, 0) is 31.7 Å². The predicted molar refractivity (Wildman–Crippen MR) is 204 cm³/mol. The van der Waals surface area contributed by atoms with Crippen molar-refractivity contribution in [1.82, 2.24) is 0 Å². The first-order valence-corrected chi connectivity index (χ1v) is 18.4. The van der Waals surface area contributed by atoms with Gasteiger partial charge in [0, 0.05) is 57.6 Å². The third kappa shape index (κ3) is 6.05. The largest absolute Gasteiger partial charge is 0.508 e. The molecule has 1 saturated heterocycles. The molecule has 2 spiro atoms. The number of halogens is 3. The zero-order chi connectivity index (χ0) is 37.9. The topological polar surface area (TPSA) is 146 Å². The van der Waals surface area contributed by atoms with Crippen molar-refractivity contribution in [3.8, 4) is 28.7 Å². The van der Waals surface area contributed by atoms with Gasteiger partial charge in [-0.1, -0.05) is 52.3 Å². The van der Waals surface area contributed by atoms with Crippen LogP contribution in [0.2, 0.25) is 0 Å². The summed E-state index contributed by atoms with van der Waals surface area (Å²) in [5, 5.41) is 9.76. The maximum Gasteiger partial charge on any atom is 0.283 e. The summed E-state index contributed by atoms with van der Waals surface area (Å²) in [7, 11) is 0. The number of phenols is 1. The fourth-order valence-electron chi connectivity index (χ4n) is 7.75. The van der Waals surface area contributed by atoms with Gasteiger partial charge in [-0.05, 0) is 60.0 Å². The Morgan fingerprint density at radius 2 is 1.29 bits per heavy atom. The molecule has 280 valence electrons. The number of fused-ring (bicyclic) bond motifs is 8. The van der Waals surface area contributed by atoms with Gasteiger partial charge in [0.25, 0.3) is 12.0 Å². The summed E-state index contributed by atoms with van der Waals surface area (Å²) in [5.74, 6) is -0.0521. The minimum Gasteiger partial charge on any atom is -0.508 e. The Balaban J connectivity index is 0.000000157. The molecular formula is C41H34BrF2N5O6. The molecule has 55 heavy (non-hydrogen) atoms. The quantitative estimate of drug-likeness (QED) is 0.177. The monoisotopic (exact) mass is 809 g/mol. The van der Waals surface area contributed by atoms with Gasteiger partial charge in [0.2, 0.25) is 0 Å². The number of amidine groups is 2. The number of aliphatic imine (C=N–C) groups is 2. The Morgan fingerprint density at radius 1 is 0.691 bits per heavy atom. The second-order valence-electron chi connectivity index (χ2n) is 13.7. The van der Waals surface area contributed by atoms with Crippen LogP contribution in [0.5, 0.6) is 28.7 Å². The summed E-state index contributed by atoms with van der Waals surface area (Å²) in [4.78, 5) is 11.2. The Bertz CT molecular complexity index is 2410. The number of aromatic hydroxyl groups is 1. The van der Waals surface area contributed by atoms with Gasteiger partial charge < -0.3 is 45.2 Å². The lowest BCUT2D eigenvalue weighted by molar-refractivity contribution is 0.122. The van der Waals surface area contributed by atoms with Crippen LogP contribution >= 0.6 is 15.9 Å². The van der Waals surface area contributed by atoms with Crippen LogP contribution in [-0.4, -0.2) is 56.7 Å². The second kappa shape index (κ2) is 13.5. The van der Waals surface area contributed by atoms with Crippen molar-refractivity contribution >= 4 is 33.7 Å². The van der Waals surface area contributed by atoms with Gasteiger partial charge in [-0.3, -0.25) is 0 Å². The van der Waals surface area contributed by atoms with E-state index in [1.54, 1.807) is 12.1 Å². The molecule has 2 atom stereocenters. The Morgan fingerprint density at radius 3 is 1.93 bits per heavy atom. The van der Waals surface area contributed by atoms with E-state index in [9.17, 15) is 9.50 Å². The average molecular weight is 811 g/mol. The van der Waals surface area contributed by atoms with Crippen LogP contribution in [0.15, 0.2) is 105 Å². The highest BCUT2D eigenvalue weighted by atomic mass is 79.9. The van der Waals surface area contributed by atoms with Crippen LogP contribution in [0.1, 0.15) is 33.4 Å². The molecule has 5 aliphatic rings. The lowest BCUT2D eigenvalue weighted by atomic mass is 9.80. The minimum atomic E-state index is -1.03. The summed E-state index contributed by atoms with van der Waals surface area (Å²) in [6, 6.07) is 27.6. The standard InChI is InChI=1S/C26H24FN3O3.C15H10BrFN2O3/c27-22-15-19(30-8-10-31-11-9-30)14-21-24(22)33-23-7-6-18(12-17-4-2-1-3-5-17)13-20(23)26(21)16-32-25(28)29-26;16-7-1-2-12-9(3-7)15(6-21-14(18)19-15)10-4-8(20)5-11(17)13(10)22-12/h1-7,13-15H,8-12,16H2,(H2,28,29);1-5,20H,6H2,(H2,18,19)/t26-;15-/m00/s1. The van der Waals surface area contributed by atoms with Crippen molar-refractivity contribution in [3.05, 3.63) is 140 Å². The normalized spacial score (nSPS) is 21.3. The molecule has 0 amide bonds. The van der Waals surface area contributed by atoms with E-state index in [0.29, 0.717) is 54.5 Å². The number of hydrogen-bond acceptors (Lipinski definition) is 11. The molecule has 5 heterocycles. The number of phenolic OH excluding ortho intramolecular Hbond substituents is 1. The molecule has 0 saturated carbocycles. The second-order valence-corrected chi connectivity index (χ2v) is 14.7. The number of anilines is 1. The average Bonchev–Trinajstić information content (AvgIpc) is 3.77. The first-order chi connectivity index (χ1) is 26.6. The van der Waals surface area contributed by atoms with Gasteiger partial charge in [-0.15, -0.1) is 0 Å². The molecule has 5 aromatic rings. The number of nitrogens with two attached hydrogens (primary N) is 2. The van der Waals surface area contributed by atoms with E-state index in [1.165, 1.54) is 17.7 Å². The van der Waals surface area contributed by atoms with E-state index in [4.69, 9.17) is 40.1 Å². The molecule has 5 aromatic carbocycles. The molecular weight excluding hydrogens is 776 g/mol. The lowest BCUT2D eigenvalue weighted by Crippen LogP contribution is -2.37. The van der Waals surface area contributed by atoms with E-state index < -0.39 is 22.7 Å². The number of benzene rings is 5. The predicted octanol–water partition coefficient (Wildman–Crippen LogP) is 6.94. The van der Waals surface area contributed by atoms with Gasteiger partial charge in [0.15, 0.2) is 34.2 Å². The number of rotatable bonds is 3. The van der Waals surface area contributed by atoms with Crippen molar-refractivity contribution < 1.29 is 37.6 Å². The summed E-state index contributed by atoms with van der Waals surface area (Å²) in [6.45, 7) is 2.93. The number of ether oxygens (including phenoxy) is 5. The Hall–Kier alpha value is -5.86. The van der Waals surface area contributed by atoms with Crippen molar-refractivity contribution in [2.75, 3.05) is 44.4 Å². The molecule has 0 bridgehead atoms. The van der Waals surface area contributed by atoms with Gasteiger partial charge >= 0.3 is 0 Å². The van der Waals surface area contributed by atoms with E-state index in [2.05, 4.69) is 44.0 Å². The van der Waals surface area contributed by atoms with Crippen molar-refractivity contribution in [2.24, 2.45) is 21.5 Å². The fourth-order valence-corrected chi connectivity index (χ4v) is 8.11. The zero-order valence-electron chi connectivity index (χ0n) is 29.2. The summed E-state index contributed by atoms with van der Waals surface area (Å²) >= 11 is 3.41. The van der Waals surface area contributed by atoms with Gasteiger partial charge in [0.05, 0.1) is 13.2 Å². The molecule has 0 aromatic heterocycles. The fraction of sp³-hybridized carbons (Fsp3) is 0.220. The molecule has 1 fully saturated rings. The highest BCUT2D eigenvalue weighted by molar-refractivity contribution is 9.10. The van der Waals surface area contributed by atoms with Crippen LogP contribution < -0.4 is 25.8 Å². The van der Waals surface area contributed by atoms with Crippen molar-refractivity contribution in [1.29, 1.82) is 0 Å². The van der Waals surface area contributed by atoms with Gasteiger partial charge in [-0.25, -0.2) is 18.8 Å². The van der Waals surface area contributed by atoms with Crippen LogP contribution in [0.25, 0.3) is 0 Å². The number of morpholine rings is 1. The van der Waals surface area contributed by atoms with E-state index in [0.717, 1.165) is 33.8 Å². The van der Waals surface area contributed by atoms with E-state index in [-0.39, 0.29) is 42.5 Å². The Kier molecular flexibility index (Phi) is 8.54. The van der Waals surface area contributed by atoms with Crippen LogP contribution in [0, 0.1) is 11.6 Å². The molecule has 0 aliphatic carbocycles. The highest BCUT2D eigenvalue weighted by Crippen LogP contribution is 2.54. The van der Waals surface area contributed by atoms with Gasteiger partial charge in [0.1, 0.15) is 30.5 Å². The number of hydrogen-bond donors (Lipinski definition) is 3. The summed E-state index contributed by atoms with van der Waals surface area (Å²) in [6.07, 6.45) is 0.763. The maximum absolute atomic E-state index is 15.4. The maximum atomic E-state index is 15.4. The molecule has 11 nitrogen and oxygen atoms in total.